The van der Waals surface area contributed by atoms with Gasteiger partial charge in [-0.1, -0.05) is 11.6 Å². The number of benzene rings is 1. The van der Waals surface area contributed by atoms with Gasteiger partial charge in [-0.15, -0.1) is 0 Å². The summed E-state index contributed by atoms with van der Waals surface area (Å²) >= 11 is 5.77. The molecule has 0 fully saturated rings. The number of aromatic nitrogens is 2. The van der Waals surface area contributed by atoms with Gasteiger partial charge >= 0.3 is 0 Å². The van der Waals surface area contributed by atoms with E-state index in [1.165, 1.54) is 0 Å². The molecule has 0 spiro atoms. The predicted molar refractivity (Wildman–Crippen MR) is 78.2 cm³/mol. The molecule has 1 aromatic carbocycles. The molecule has 0 aliphatic heterocycles. The zero-order valence-corrected chi connectivity index (χ0v) is 12.1. The fourth-order valence-corrected chi connectivity index (χ4v) is 1.68. The van der Waals surface area contributed by atoms with E-state index in [2.05, 4.69) is 10.4 Å². The van der Waals surface area contributed by atoms with E-state index in [9.17, 15) is 4.79 Å². The standard InChI is InChI=1S/C14H16ClN3O2/c1-10(2)18-8-13(7-16-18)20-9-14(19)17-12-5-3-11(15)4-6-12/h3-8,10H,9H2,1-2H3,(H,17,19). The molecule has 0 saturated carbocycles. The van der Waals surface area contributed by atoms with Crippen molar-refractivity contribution in [2.45, 2.75) is 19.9 Å². The molecular weight excluding hydrogens is 278 g/mol. The van der Waals surface area contributed by atoms with Crippen molar-refractivity contribution in [1.29, 1.82) is 0 Å². The van der Waals surface area contributed by atoms with Gasteiger partial charge in [-0.25, -0.2) is 0 Å². The van der Waals surface area contributed by atoms with Gasteiger partial charge in [0.05, 0.1) is 12.4 Å². The average Bonchev–Trinajstić information content (AvgIpc) is 2.88. The molecule has 0 unspecified atom stereocenters. The van der Waals surface area contributed by atoms with Crippen molar-refractivity contribution in [3.63, 3.8) is 0 Å². The van der Waals surface area contributed by atoms with Crippen LogP contribution in [0.3, 0.4) is 0 Å². The quantitative estimate of drug-likeness (QED) is 0.921. The number of hydrogen-bond acceptors (Lipinski definition) is 3. The van der Waals surface area contributed by atoms with Crippen LogP contribution in [-0.2, 0) is 4.79 Å². The van der Waals surface area contributed by atoms with Crippen molar-refractivity contribution in [3.05, 3.63) is 41.7 Å². The van der Waals surface area contributed by atoms with Crippen molar-refractivity contribution in [3.8, 4) is 5.75 Å². The van der Waals surface area contributed by atoms with E-state index in [0.717, 1.165) is 0 Å². The summed E-state index contributed by atoms with van der Waals surface area (Å²) < 4.78 is 7.14. The Morgan fingerprint density at radius 3 is 2.70 bits per heavy atom. The predicted octanol–water partition coefficient (Wildman–Crippen LogP) is 3.13. The summed E-state index contributed by atoms with van der Waals surface area (Å²) in [6.45, 7) is 3.97. The van der Waals surface area contributed by atoms with Crippen LogP contribution >= 0.6 is 11.6 Å². The van der Waals surface area contributed by atoms with Crippen molar-refractivity contribution in [2.75, 3.05) is 11.9 Å². The van der Waals surface area contributed by atoms with Crippen LogP contribution in [0.4, 0.5) is 5.69 Å². The largest absolute Gasteiger partial charge is 0.480 e. The van der Waals surface area contributed by atoms with Crippen molar-refractivity contribution in [2.24, 2.45) is 0 Å². The molecule has 0 bridgehead atoms. The maximum Gasteiger partial charge on any atom is 0.262 e. The molecule has 0 saturated heterocycles. The van der Waals surface area contributed by atoms with E-state index in [-0.39, 0.29) is 18.6 Å². The fraction of sp³-hybridized carbons (Fsp3) is 0.286. The molecule has 0 atom stereocenters. The van der Waals surface area contributed by atoms with E-state index in [1.54, 1.807) is 41.3 Å². The first-order valence-corrected chi connectivity index (χ1v) is 6.65. The summed E-state index contributed by atoms with van der Waals surface area (Å²) in [6.07, 6.45) is 3.36. The Morgan fingerprint density at radius 2 is 2.10 bits per heavy atom. The van der Waals surface area contributed by atoms with Crippen molar-refractivity contribution >= 4 is 23.2 Å². The van der Waals surface area contributed by atoms with Gasteiger partial charge in [0.2, 0.25) is 0 Å². The molecule has 0 radical (unpaired) electrons. The van der Waals surface area contributed by atoms with Crippen LogP contribution in [0.15, 0.2) is 36.7 Å². The maximum atomic E-state index is 11.7. The minimum atomic E-state index is -0.232. The van der Waals surface area contributed by atoms with E-state index < -0.39 is 0 Å². The minimum Gasteiger partial charge on any atom is -0.480 e. The molecule has 0 aliphatic rings. The zero-order valence-electron chi connectivity index (χ0n) is 11.3. The lowest BCUT2D eigenvalue weighted by Crippen LogP contribution is -2.19. The Morgan fingerprint density at radius 1 is 1.40 bits per heavy atom. The second-order valence-electron chi connectivity index (χ2n) is 4.59. The maximum absolute atomic E-state index is 11.7. The summed E-state index contributed by atoms with van der Waals surface area (Å²) in [6, 6.07) is 7.15. The highest BCUT2D eigenvalue weighted by Crippen LogP contribution is 2.14. The van der Waals surface area contributed by atoms with E-state index in [0.29, 0.717) is 16.5 Å². The average molecular weight is 294 g/mol. The molecule has 20 heavy (non-hydrogen) atoms. The normalized spacial score (nSPS) is 10.6. The highest BCUT2D eigenvalue weighted by Gasteiger charge is 2.06. The van der Waals surface area contributed by atoms with Gasteiger partial charge in [-0.3, -0.25) is 9.48 Å². The first-order valence-electron chi connectivity index (χ1n) is 6.27. The van der Waals surface area contributed by atoms with Crippen LogP contribution in [0, 0.1) is 0 Å². The summed E-state index contributed by atoms with van der Waals surface area (Å²) in [5.74, 6) is 0.342. The van der Waals surface area contributed by atoms with Crippen molar-refractivity contribution in [1.82, 2.24) is 9.78 Å². The summed E-state index contributed by atoms with van der Waals surface area (Å²) in [4.78, 5) is 11.7. The van der Waals surface area contributed by atoms with E-state index in [1.807, 2.05) is 13.8 Å². The molecule has 2 rings (SSSR count). The minimum absolute atomic E-state index is 0.0631. The van der Waals surface area contributed by atoms with Gasteiger partial charge in [-0.05, 0) is 38.1 Å². The summed E-state index contributed by atoms with van der Waals surface area (Å²) in [5.41, 5.74) is 0.681. The third kappa shape index (κ3) is 3.99. The number of halogens is 1. The van der Waals surface area contributed by atoms with Crippen LogP contribution in [0.2, 0.25) is 5.02 Å². The summed E-state index contributed by atoms with van der Waals surface area (Å²) in [5, 5.41) is 7.48. The lowest BCUT2D eigenvalue weighted by atomic mass is 10.3. The molecule has 6 heteroatoms. The smallest absolute Gasteiger partial charge is 0.262 e. The highest BCUT2D eigenvalue weighted by atomic mass is 35.5. The Hall–Kier alpha value is -2.01. The number of ether oxygens (including phenoxy) is 1. The molecule has 1 amide bonds. The number of carbonyl (C=O) groups excluding carboxylic acids is 1. The Kier molecular flexibility index (Phi) is 4.63. The fourth-order valence-electron chi connectivity index (χ4n) is 1.56. The SMILES string of the molecule is CC(C)n1cc(OCC(=O)Nc2ccc(Cl)cc2)cn1. The van der Waals surface area contributed by atoms with Gasteiger partial charge in [0.15, 0.2) is 12.4 Å². The number of nitrogens with one attached hydrogen (secondary N) is 1. The molecule has 106 valence electrons. The third-order valence-corrected chi connectivity index (χ3v) is 2.86. The second-order valence-corrected chi connectivity index (χ2v) is 5.03. The lowest BCUT2D eigenvalue weighted by molar-refractivity contribution is -0.118. The molecular formula is C14H16ClN3O2. The topological polar surface area (TPSA) is 56.1 Å². The molecule has 5 nitrogen and oxygen atoms in total. The molecule has 1 aromatic heterocycles. The Bertz CT molecular complexity index is 578. The Balaban J connectivity index is 1.84. The van der Waals surface area contributed by atoms with Gasteiger partial charge in [0.1, 0.15) is 0 Å². The number of carbonyl (C=O) groups is 1. The molecule has 1 N–H and O–H groups in total. The van der Waals surface area contributed by atoms with Crippen LogP contribution in [0.25, 0.3) is 0 Å². The van der Waals surface area contributed by atoms with Crippen LogP contribution in [-0.4, -0.2) is 22.3 Å². The molecule has 0 aliphatic carbocycles. The van der Waals surface area contributed by atoms with Gasteiger partial charge in [0, 0.05) is 16.8 Å². The number of amides is 1. The number of nitrogens with zero attached hydrogens (tertiary/aromatic N) is 2. The molecule has 1 heterocycles. The Labute approximate surface area is 122 Å². The number of hydrogen-bond donors (Lipinski definition) is 1. The number of anilines is 1. The van der Waals surface area contributed by atoms with Gasteiger partial charge < -0.3 is 10.1 Å². The monoisotopic (exact) mass is 293 g/mol. The van der Waals surface area contributed by atoms with Crippen LogP contribution in [0.1, 0.15) is 19.9 Å². The highest BCUT2D eigenvalue weighted by molar-refractivity contribution is 6.30. The third-order valence-electron chi connectivity index (χ3n) is 2.60. The van der Waals surface area contributed by atoms with Crippen LogP contribution < -0.4 is 10.1 Å². The lowest BCUT2D eigenvalue weighted by Gasteiger charge is -2.06. The summed E-state index contributed by atoms with van der Waals surface area (Å²) in [7, 11) is 0. The zero-order chi connectivity index (χ0) is 14.5. The number of rotatable bonds is 5. The van der Waals surface area contributed by atoms with Gasteiger partial charge in [-0.2, -0.15) is 5.10 Å². The first kappa shape index (κ1) is 14.4. The van der Waals surface area contributed by atoms with E-state index in [4.69, 9.17) is 16.3 Å². The van der Waals surface area contributed by atoms with Crippen LogP contribution in [0.5, 0.6) is 5.75 Å². The second kappa shape index (κ2) is 6.43. The molecule has 2 aromatic rings. The van der Waals surface area contributed by atoms with Gasteiger partial charge in [0.25, 0.3) is 5.91 Å². The van der Waals surface area contributed by atoms with E-state index >= 15 is 0 Å². The van der Waals surface area contributed by atoms with Crippen molar-refractivity contribution < 1.29 is 9.53 Å². The first-order chi connectivity index (χ1) is 9.54.